The molecule has 0 fully saturated rings. The Kier molecular flexibility index (Phi) is 57.8. The van der Waals surface area contributed by atoms with Gasteiger partial charge in [-0.25, -0.2) is 90.6 Å². The third-order valence-corrected chi connectivity index (χ3v) is 16.6. The van der Waals surface area contributed by atoms with E-state index in [9.17, 15) is 64.7 Å². The first kappa shape index (κ1) is 124. The molecule has 725 valence electrons. The molecule has 1 amide bonds. The molecule has 0 saturated heterocycles. The number of rotatable bonds is 20. The standard InChI is InChI=1S/C16H13F2N4O.C16H12F2N3O2.C16H14F2N3.3C12H8N2O4.3CHNS.3CNS.3Ru/c17-13-1-2-14(18)12(7-13)9-21-5-6-22(10-21)15-8-11(16(19)23)3-4-20-15;17-13-1-2-14(18)12(7-13)9-20-5-6-21(10-20)15-8-11(16(22)23)3-4-19-15;1-12-2-3-19-16(6-12)21-5-4-20(11-21)10-13-7-14(17)9-15(18)8-13;3*15-11(16)7-1-3-13-9(5-7)10-6-8(12(17)18)2-4-14-10;6*2-1-3;;;/h1-8,10H,9H2,(H2,19,23);1-8,10H,9H2,(H,22,23);2-9,11H,10H2,1H3;3*1-6H,(H,15,16)(H,17,18);3*3H;;;;;;/q3*-1;;;;;;;3*-1;3*+3/p-3. The summed E-state index contributed by atoms with van der Waals surface area (Å²) in [4.78, 5) is 134. The number of pyridine rings is 9. The molecule has 12 aromatic rings. The molecule has 12 heterocycles. The van der Waals surface area contributed by atoms with Gasteiger partial charge >= 0.3 is 100 Å². The fourth-order valence-electron chi connectivity index (χ4n) is 10.8. The van der Waals surface area contributed by atoms with Crippen LogP contribution in [0.2, 0.25) is 0 Å². The van der Waals surface area contributed by atoms with Crippen LogP contribution in [0.1, 0.15) is 105 Å². The summed E-state index contributed by atoms with van der Waals surface area (Å²) in [5.74, 6) is -9.40. The number of aromatic carboxylic acids is 7. The number of hydrogen-bond acceptors (Lipinski definition) is 32. The van der Waals surface area contributed by atoms with Gasteiger partial charge in [-0.15, -0.1) is 20.0 Å². The Hall–Kier alpha value is -16.2. The van der Waals surface area contributed by atoms with Crippen LogP contribution in [-0.4, -0.2) is 158 Å². The van der Waals surface area contributed by atoms with Crippen LogP contribution in [0.5, 0.6) is 0 Å². The van der Waals surface area contributed by atoms with Gasteiger partial charge in [0.2, 0.25) is 5.91 Å². The van der Waals surface area contributed by atoms with Crippen LogP contribution in [0.15, 0.2) is 257 Å². The molecule has 0 spiro atoms. The predicted molar refractivity (Wildman–Crippen MR) is 507 cm³/mol. The first-order valence-electron chi connectivity index (χ1n) is 37.6. The summed E-state index contributed by atoms with van der Waals surface area (Å²) in [5.41, 5.74) is 10.2. The molecule has 3 aromatic carbocycles. The number of amides is 1. The van der Waals surface area contributed by atoms with E-state index >= 15 is 0 Å². The van der Waals surface area contributed by atoms with Gasteiger partial charge in [-0.05, 0) is 213 Å². The zero-order valence-electron chi connectivity index (χ0n) is 71.7. The number of anilines is 3. The summed E-state index contributed by atoms with van der Waals surface area (Å²) in [6, 6.07) is 36.1. The Balaban J connectivity index is 0.000000821. The van der Waals surface area contributed by atoms with Crippen LogP contribution in [0.3, 0.4) is 0 Å². The van der Waals surface area contributed by atoms with Gasteiger partial charge in [0.15, 0.2) is 0 Å². The smallest absolute Gasteiger partial charge is 0.753 e. The summed E-state index contributed by atoms with van der Waals surface area (Å²) < 4.78 is 80.1. The van der Waals surface area contributed by atoms with Crippen LogP contribution in [0.4, 0.5) is 43.8 Å². The van der Waals surface area contributed by atoms with Crippen LogP contribution < -0.4 is 20.4 Å². The van der Waals surface area contributed by atoms with Crippen molar-refractivity contribution in [2.24, 2.45) is 5.73 Å². The van der Waals surface area contributed by atoms with Crippen molar-refractivity contribution in [2.75, 3.05) is 14.7 Å². The molecule has 142 heavy (non-hydrogen) atoms. The molecule has 3 radical (unpaired) electrons. The quantitative estimate of drug-likeness (QED) is 0.00668. The zero-order chi connectivity index (χ0) is 103. The van der Waals surface area contributed by atoms with Gasteiger partial charge in [0.25, 0.3) is 0 Å². The van der Waals surface area contributed by atoms with E-state index in [-0.39, 0.29) is 122 Å². The number of nitrogens with zero attached hydrogens (tertiary/aromatic N) is 21. The number of isothiocyanates is 3. The Morgan fingerprint density at radius 3 is 0.817 bits per heavy atom. The summed E-state index contributed by atoms with van der Waals surface area (Å²) in [5, 5.41) is 113. The number of nitriles is 3. The van der Waals surface area contributed by atoms with E-state index in [0.29, 0.717) is 63.5 Å². The normalized spacial score (nSPS) is 10.6. The number of primary amides is 1. The summed E-state index contributed by atoms with van der Waals surface area (Å²) >= 11 is 22.2. The number of nitrogens with two attached hydrogens (primary N) is 1. The molecular weight excluding hydrogens is 2240 g/mol. The van der Waals surface area contributed by atoms with Gasteiger partial charge in [0.1, 0.15) is 52.4 Å². The molecule has 9 N–H and O–H groups in total. The topological polar surface area (TPSA) is 578 Å². The maximum Gasteiger partial charge on any atom is 3.00 e. The van der Waals surface area contributed by atoms with Crippen molar-refractivity contribution in [1.29, 1.82) is 15.8 Å². The van der Waals surface area contributed by atoms with Gasteiger partial charge in [0, 0.05) is 98.2 Å². The van der Waals surface area contributed by atoms with E-state index in [2.05, 4.69) is 119 Å². The first-order valence-corrected chi connectivity index (χ1v) is 40.0. The monoisotopic (exact) mass is 2300 g/mol. The van der Waals surface area contributed by atoms with Crippen LogP contribution in [0, 0.1) is 93.8 Å². The molecule has 37 nitrogen and oxygen atoms in total. The van der Waals surface area contributed by atoms with Crippen molar-refractivity contribution in [1.82, 2.24) is 59.6 Å². The van der Waals surface area contributed by atoms with E-state index in [0.717, 1.165) is 53.8 Å². The number of benzene rings is 3. The summed E-state index contributed by atoms with van der Waals surface area (Å²) in [6.07, 6.45) is 23.1. The second-order valence-corrected chi connectivity index (χ2v) is 26.9. The van der Waals surface area contributed by atoms with Gasteiger partial charge in [0.05, 0.1) is 73.1 Å². The number of aromatic nitrogens is 9. The molecule has 0 unspecified atom stereocenters. The van der Waals surface area contributed by atoms with Crippen molar-refractivity contribution in [3.63, 3.8) is 0 Å². The van der Waals surface area contributed by atoms with Gasteiger partial charge < -0.3 is 125 Å². The molecule has 15 rings (SSSR count). The van der Waals surface area contributed by atoms with E-state index < -0.39 is 82.6 Å². The van der Waals surface area contributed by atoms with Crippen LogP contribution >= 0.6 is 36.7 Å². The van der Waals surface area contributed by atoms with Gasteiger partial charge in [-0.3, -0.25) is 34.7 Å². The number of carboxylic acid groups (broad SMARTS) is 7. The molecule has 0 aliphatic carbocycles. The maximum absolute atomic E-state index is 13.7. The predicted octanol–water partition coefficient (Wildman–Crippen LogP) is 15.6. The molecule has 3 aliphatic heterocycles. The SMILES string of the molecule is Cc1ccnc(N2C=CN(Cc3cc(F)cc(F)c3)[CH-]2)c1.N#C[S-].N#C[S-].N#C[S-].NC(=O)c1ccnc(N2C=CN(Cc3cc(F)ccc3F)[CH-]2)c1.O=C(O)c1ccnc(-c2cc(C(=O)O)ccn2)c1.O=C(O)c1ccnc(-c2cc(C(=O)O)ccn2)c1.O=C(O)c1ccnc(-c2cc(C(=O)O)ccn2)c1.O=C(O)c1ccnc(N2C=CN(Cc3cc(F)ccc3F)[CH-]2)c1.[N-]=C=S.[N-]=C=S.[N-]=C=S.[Ru+3].[Ru+3].[Ru+3]. The third kappa shape index (κ3) is 43.6. The van der Waals surface area contributed by atoms with Crippen molar-refractivity contribution in [3.8, 4) is 50.4 Å². The van der Waals surface area contributed by atoms with E-state index in [1.54, 1.807) is 70.0 Å². The Bertz CT molecular complexity index is 6070. The van der Waals surface area contributed by atoms with E-state index in [4.69, 9.17) is 73.5 Å². The van der Waals surface area contributed by atoms with Crippen LogP contribution in [0.25, 0.3) is 50.4 Å². The number of thiocarbonyl (C=S) groups is 3. The molecule has 0 atom stereocenters. The molecule has 3 aliphatic rings. The average molecular weight is 2300 g/mol. The molecule has 0 bridgehead atoms. The van der Waals surface area contributed by atoms with Crippen LogP contribution in [-0.2, 0) is 116 Å². The van der Waals surface area contributed by atoms with E-state index in [1.807, 2.05) is 47.9 Å². The fraction of sp³-hybridized carbons (Fsp3) is 0.0444. The third-order valence-electron chi connectivity index (χ3n) is 16.6. The Labute approximate surface area is 874 Å². The molecular formula is C90H63F6N22O15Ru3S6. The molecule has 9 aromatic heterocycles. The molecule has 52 heteroatoms. The number of aryl methyl sites for hydroxylation is 1. The maximum atomic E-state index is 13.7. The second kappa shape index (κ2) is 66.3. The average Bonchev–Trinajstić information content (AvgIpc) is 1.11. The number of halogens is 6. The first-order chi connectivity index (χ1) is 66.4. The number of carboxylic acids is 7. The minimum atomic E-state index is -1.08. The number of carbonyl (C=O) groups is 8. The minimum absolute atomic E-state index is 0. The zero-order valence-corrected chi connectivity index (χ0v) is 81.9. The van der Waals surface area contributed by atoms with Gasteiger partial charge in [-0.2, -0.15) is 15.5 Å². The minimum Gasteiger partial charge on any atom is -0.753 e. The van der Waals surface area contributed by atoms with Crippen molar-refractivity contribution >= 4 is 155 Å². The second-order valence-electron chi connectivity index (χ2n) is 25.9. The number of carbonyl (C=O) groups excluding carboxylic acids is 1. The van der Waals surface area contributed by atoms with Gasteiger partial charge in [-0.1, -0.05) is 52.9 Å². The Morgan fingerprint density at radius 2 is 0.563 bits per heavy atom. The van der Waals surface area contributed by atoms with Crippen molar-refractivity contribution < 1.29 is 159 Å². The fourth-order valence-corrected chi connectivity index (χ4v) is 10.8. The summed E-state index contributed by atoms with van der Waals surface area (Å²) in [6.45, 7) is 7.84. The summed E-state index contributed by atoms with van der Waals surface area (Å²) in [7, 11) is 0. The van der Waals surface area contributed by atoms with E-state index in [1.165, 1.54) is 184 Å². The largest absolute Gasteiger partial charge is 3.00 e. The molecule has 0 saturated carbocycles. The number of hydrogen-bond donors (Lipinski definition) is 8. The van der Waals surface area contributed by atoms with Crippen molar-refractivity contribution in [3.05, 3.63) is 395 Å². The number of thiocyanates is 3. The van der Waals surface area contributed by atoms with Crippen molar-refractivity contribution in [2.45, 2.75) is 26.6 Å². The Morgan fingerprint density at radius 1 is 0.338 bits per heavy atom.